The highest BCUT2D eigenvalue weighted by Gasteiger charge is 2.20. The minimum absolute atomic E-state index is 0.440. The Labute approximate surface area is 123 Å². The van der Waals surface area contributed by atoms with Crippen LogP contribution in [0.1, 0.15) is 19.8 Å². The summed E-state index contributed by atoms with van der Waals surface area (Å²) in [5, 5.41) is 4.48. The maximum atomic E-state index is 5.58. The van der Waals surface area contributed by atoms with E-state index in [0.717, 1.165) is 18.2 Å². The number of quaternary nitrogens is 1. The zero-order valence-electron chi connectivity index (χ0n) is 11.6. The van der Waals surface area contributed by atoms with Crippen molar-refractivity contribution in [2.45, 2.75) is 26.4 Å². The molecule has 1 aliphatic rings. The zero-order valence-corrected chi connectivity index (χ0v) is 12.4. The van der Waals surface area contributed by atoms with Gasteiger partial charge in [-0.25, -0.2) is 0 Å². The summed E-state index contributed by atoms with van der Waals surface area (Å²) in [6.07, 6.45) is 6.01. The van der Waals surface area contributed by atoms with Crippen LogP contribution < -0.4 is 4.90 Å². The normalized spacial score (nSPS) is 22.9. The van der Waals surface area contributed by atoms with Gasteiger partial charge in [-0.3, -0.25) is 4.98 Å². The number of nitrogens with one attached hydrogen (secondary N) is 1. The highest BCUT2D eigenvalue weighted by Crippen LogP contribution is 2.15. The van der Waals surface area contributed by atoms with Gasteiger partial charge < -0.3 is 9.32 Å². The summed E-state index contributed by atoms with van der Waals surface area (Å²) in [5.41, 5.74) is 0.861. The first-order valence-electron chi connectivity index (χ1n) is 7.04. The Bertz CT molecular complexity index is 614. The zero-order chi connectivity index (χ0) is 13.9. The lowest BCUT2D eigenvalue weighted by Crippen LogP contribution is -3.12. The van der Waals surface area contributed by atoms with Crippen LogP contribution in [0.4, 0.5) is 0 Å². The summed E-state index contributed by atoms with van der Waals surface area (Å²) in [5.74, 6) is 1.39. The van der Waals surface area contributed by atoms with E-state index in [9.17, 15) is 0 Å². The van der Waals surface area contributed by atoms with Crippen molar-refractivity contribution >= 4 is 12.2 Å². The van der Waals surface area contributed by atoms with Gasteiger partial charge in [-0.15, -0.1) is 5.10 Å². The maximum Gasteiger partial charge on any atom is 0.292 e. The van der Waals surface area contributed by atoms with E-state index < -0.39 is 0 Å². The number of hydrogen-bond donors (Lipinski definition) is 1. The Morgan fingerprint density at radius 2 is 2.25 bits per heavy atom. The summed E-state index contributed by atoms with van der Waals surface area (Å²) in [7, 11) is 0. The molecule has 1 saturated heterocycles. The van der Waals surface area contributed by atoms with Crippen LogP contribution in [0.2, 0.25) is 0 Å². The van der Waals surface area contributed by atoms with Crippen LogP contribution in [0.3, 0.4) is 0 Å². The quantitative estimate of drug-likeness (QED) is 0.872. The van der Waals surface area contributed by atoms with Crippen molar-refractivity contribution < 1.29 is 9.32 Å². The number of rotatable bonds is 3. The number of nitrogens with zero attached hydrogens (tertiary/aromatic N) is 3. The van der Waals surface area contributed by atoms with Crippen LogP contribution in [0.25, 0.3) is 11.5 Å². The Balaban J connectivity index is 1.75. The number of hydrogen-bond acceptors (Lipinski definition) is 4. The molecule has 0 aromatic carbocycles. The first-order chi connectivity index (χ1) is 9.72. The van der Waals surface area contributed by atoms with Gasteiger partial charge in [-0.2, -0.15) is 4.68 Å². The van der Waals surface area contributed by atoms with Gasteiger partial charge in [0, 0.05) is 12.4 Å². The van der Waals surface area contributed by atoms with Crippen LogP contribution in [-0.4, -0.2) is 27.9 Å². The minimum atomic E-state index is 0.440. The van der Waals surface area contributed by atoms with Crippen molar-refractivity contribution in [2.24, 2.45) is 5.92 Å². The number of pyridine rings is 1. The molecule has 0 bridgehead atoms. The van der Waals surface area contributed by atoms with Gasteiger partial charge in [-0.05, 0) is 43.1 Å². The van der Waals surface area contributed by atoms with Crippen molar-refractivity contribution in [2.75, 3.05) is 13.1 Å². The third-order valence-corrected chi connectivity index (χ3v) is 4.16. The average molecular weight is 291 g/mol. The van der Waals surface area contributed by atoms with E-state index >= 15 is 0 Å². The molecule has 0 aliphatic carbocycles. The van der Waals surface area contributed by atoms with Gasteiger partial charge in [0.15, 0.2) is 6.67 Å². The highest BCUT2D eigenvalue weighted by molar-refractivity contribution is 7.71. The van der Waals surface area contributed by atoms with Crippen molar-refractivity contribution in [3.8, 4) is 11.5 Å². The molecule has 2 aromatic heterocycles. The fourth-order valence-corrected chi connectivity index (χ4v) is 2.74. The van der Waals surface area contributed by atoms with E-state index in [1.165, 1.54) is 30.8 Å². The van der Waals surface area contributed by atoms with Gasteiger partial charge in [0.25, 0.3) is 4.84 Å². The van der Waals surface area contributed by atoms with Crippen LogP contribution >= 0.6 is 12.2 Å². The SMILES string of the molecule is CC1CC[NH+](Cn2nc(-c3cccnc3)oc2=S)CC1. The largest absolute Gasteiger partial charge is 0.409 e. The monoisotopic (exact) mass is 291 g/mol. The lowest BCUT2D eigenvalue weighted by atomic mass is 10.00. The molecule has 0 atom stereocenters. The summed E-state index contributed by atoms with van der Waals surface area (Å²) in [6.45, 7) is 5.46. The van der Waals surface area contributed by atoms with E-state index in [4.69, 9.17) is 16.6 Å². The highest BCUT2D eigenvalue weighted by atomic mass is 32.1. The van der Waals surface area contributed by atoms with Crippen molar-refractivity contribution in [3.05, 3.63) is 29.4 Å². The topological polar surface area (TPSA) is 48.3 Å². The second-order valence-electron chi connectivity index (χ2n) is 5.50. The van der Waals surface area contributed by atoms with Crippen molar-refractivity contribution in [1.82, 2.24) is 14.8 Å². The smallest absolute Gasteiger partial charge is 0.292 e. The lowest BCUT2D eigenvalue weighted by molar-refractivity contribution is -0.929. The van der Waals surface area contributed by atoms with Gasteiger partial charge >= 0.3 is 0 Å². The molecule has 106 valence electrons. The molecule has 1 fully saturated rings. The van der Waals surface area contributed by atoms with Gasteiger partial charge in [-0.1, -0.05) is 6.92 Å². The number of piperidine rings is 1. The Morgan fingerprint density at radius 1 is 1.45 bits per heavy atom. The van der Waals surface area contributed by atoms with Gasteiger partial charge in [0.2, 0.25) is 5.89 Å². The fraction of sp³-hybridized carbons (Fsp3) is 0.500. The molecule has 6 heteroatoms. The summed E-state index contributed by atoms with van der Waals surface area (Å²) >= 11 is 5.26. The van der Waals surface area contributed by atoms with E-state index in [1.54, 1.807) is 17.1 Å². The average Bonchev–Trinajstić information content (AvgIpc) is 2.84. The molecule has 3 rings (SSSR count). The minimum Gasteiger partial charge on any atom is -0.409 e. The second kappa shape index (κ2) is 5.85. The third kappa shape index (κ3) is 2.96. The van der Waals surface area contributed by atoms with Crippen molar-refractivity contribution in [1.29, 1.82) is 0 Å². The molecule has 1 N–H and O–H groups in total. The molecule has 20 heavy (non-hydrogen) atoms. The maximum absolute atomic E-state index is 5.58. The van der Waals surface area contributed by atoms with Gasteiger partial charge in [0.05, 0.1) is 18.7 Å². The van der Waals surface area contributed by atoms with Gasteiger partial charge in [0.1, 0.15) is 0 Å². The lowest BCUT2D eigenvalue weighted by Gasteiger charge is -2.26. The predicted molar refractivity (Wildman–Crippen MR) is 77.7 cm³/mol. The Kier molecular flexibility index (Phi) is 3.93. The van der Waals surface area contributed by atoms with Crippen molar-refractivity contribution in [3.63, 3.8) is 0 Å². The Morgan fingerprint density at radius 3 is 2.95 bits per heavy atom. The first kappa shape index (κ1) is 13.5. The van der Waals surface area contributed by atoms with Crippen LogP contribution in [-0.2, 0) is 6.67 Å². The Hall–Kier alpha value is -1.53. The van der Waals surface area contributed by atoms with E-state index in [2.05, 4.69) is 17.0 Å². The summed E-state index contributed by atoms with van der Waals surface area (Å²) in [6, 6.07) is 3.79. The standard InChI is InChI=1S/C14H18N4OS/c1-11-4-7-17(8-5-11)10-18-14(20)19-13(16-18)12-3-2-6-15-9-12/h2-3,6,9,11H,4-5,7-8,10H2,1H3/p+1. The predicted octanol–water partition coefficient (Wildman–Crippen LogP) is 1.54. The molecule has 0 radical (unpaired) electrons. The molecule has 3 heterocycles. The molecular weight excluding hydrogens is 272 g/mol. The molecule has 0 amide bonds. The first-order valence-corrected chi connectivity index (χ1v) is 7.45. The van der Waals surface area contributed by atoms with E-state index in [-0.39, 0.29) is 0 Å². The number of aromatic nitrogens is 3. The molecule has 0 saturated carbocycles. The molecule has 1 aliphatic heterocycles. The van der Waals surface area contributed by atoms with Crippen LogP contribution in [0.5, 0.6) is 0 Å². The molecule has 5 nitrogen and oxygen atoms in total. The molecule has 0 spiro atoms. The summed E-state index contributed by atoms with van der Waals surface area (Å²) < 4.78 is 7.37. The van der Waals surface area contributed by atoms with Crippen LogP contribution in [0.15, 0.2) is 28.9 Å². The molecular formula is C14H19N4OS+. The molecule has 2 aromatic rings. The van der Waals surface area contributed by atoms with E-state index in [0.29, 0.717) is 10.7 Å². The van der Waals surface area contributed by atoms with Crippen LogP contribution in [0, 0.1) is 10.8 Å². The summed E-state index contributed by atoms with van der Waals surface area (Å²) in [4.78, 5) is 6.03. The number of likely N-dealkylation sites (tertiary alicyclic amines) is 1. The second-order valence-corrected chi connectivity index (χ2v) is 5.85. The van der Waals surface area contributed by atoms with E-state index in [1.807, 2.05) is 12.1 Å². The molecule has 0 unspecified atom stereocenters. The third-order valence-electron chi connectivity index (χ3n) is 3.87. The fourth-order valence-electron chi connectivity index (χ4n) is 2.55.